The Morgan fingerprint density at radius 3 is 2.61 bits per heavy atom. The molecule has 1 unspecified atom stereocenters. The van der Waals surface area contributed by atoms with Crippen LogP contribution in [-0.4, -0.2) is 50.9 Å². The van der Waals surface area contributed by atoms with Gasteiger partial charge in [-0.2, -0.15) is 0 Å². The zero-order valence-corrected chi connectivity index (χ0v) is 14.8. The van der Waals surface area contributed by atoms with Gasteiger partial charge < -0.3 is 10.0 Å². The number of carbonyl (C=O) groups excluding carboxylic acids is 1. The van der Waals surface area contributed by atoms with Crippen LogP contribution in [0.5, 0.6) is 0 Å². The fourth-order valence-electron chi connectivity index (χ4n) is 2.28. The van der Waals surface area contributed by atoms with Crippen LogP contribution in [0.1, 0.15) is 18.1 Å². The average Bonchev–Trinajstić information content (AvgIpc) is 2.98. The zero-order valence-electron chi connectivity index (χ0n) is 14.0. The Labute approximate surface area is 141 Å². The summed E-state index contributed by atoms with van der Waals surface area (Å²) in [5.74, 6) is 0.273. The molecule has 2 aromatic rings. The van der Waals surface area contributed by atoms with E-state index in [4.69, 9.17) is 5.11 Å². The lowest BCUT2D eigenvalue weighted by molar-refractivity contribution is -0.129. The van der Waals surface area contributed by atoms with Crippen LogP contribution in [0.15, 0.2) is 35.7 Å². The van der Waals surface area contributed by atoms with Crippen molar-refractivity contribution >= 4 is 17.7 Å². The lowest BCUT2D eigenvalue weighted by Gasteiger charge is -2.22. The molecule has 0 aliphatic heterocycles. The first kappa shape index (κ1) is 17.6. The number of carbonyl (C=O) groups is 1. The maximum Gasteiger partial charge on any atom is 0.233 e. The van der Waals surface area contributed by atoms with Crippen molar-refractivity contribution in [3.63, 3.8) is 0 Å². The number of likely N-dealkylation sites (N-methyl/N-ethyl adjacent to an activating group) is 1. The quantitative estimate of drug-likeness (QED) is 0.825. The van der Waals surface area contributed by atoms with Gasteiger partial charge in [0.2, 0.25) is 5.91 Å². The third kappa shape index (κ3) is 4.36. The molecule has 6 heteroatoms. The number of rotatable bonds is 6. The number of hydrogen-bond acceptors (Lipinski definition) is 4. The summed E-state index contributed by atoms with van der Waals surface area (Å²) in [5.41, 5.74) is 3.43. The molecular weight excluding hydrogens is 310 g/mol. The number of imidazole rings is 1. The first-order chi connectivity index (χ1) is 10.9. The molecule has 0 saturated heterocycles. The van der Waals surface area contributed by atoms with Crippen LogP contribution in [0.2, 0.25) is 0 Å². The van der Waals surface area contributed by atoms with E-state index in [1.165, 1.54) is 22.9 Å². The Hall–Kier alpha value is -1.79. The molecule has 1 N–H and O–H groups in total. The number of aryl methyl sites for hydroxylation is 2. The smallest absolute Gasteiger partial charge is 0.233 e. The zero-order chi connectivity index (χ0) is 17.0. The Morgan fingerprint density at radius 1 is 1.35 bits per heavy atom. The number of nitrogens with zero attached hydrogens (tertiary/aromatic N) is 3. The maximum atomic E-state index is 12.2. The van der Waals surface area contributed by atoms with Crippen molar-refractivity contribution in [1.29, 1.82) is 0 Å². The number of aliphatic hydroxyl groups is 1. The summed E-state index contributed by atoms with van der Waals surface area (Å²) >= 11 is 1.40. The molecule has 1 atom stereocenters. The Balaban J connectivity index is 2.11. The number of benzene rings is 1. The first-order valence-electron chi connectivity index (χ1n) is 7.53. The molecule has 0 fully saturated rings. The summed E-state index contributed by atoms with van der Waals surface area (Å²) in [6.45, 7) is 5.91. The number of hydrogen-bond donors (Lipinski definition) is 1. The predicted octanol–water partition coefficient (Wildman–Crippen LogP) is 2.42. The van der Waals surface area contributed by atoms with Gasteiger partial charge in [-0.25, -0.2) is 4.98 Å². The van der Waals surface area contributed by atoms with Crippen LogP contribution < -0.4 is 0 Å². The fourth-order valence-corrected chi connectivity index (χ4v) is 3.18. The highest BCUT2D eigenvalue weighted by molar-refractivity contribution is 7.99. The molecule has 5 nitrogen and oxygen atoms in total. The van der Waals surface area contributed by atoms with Crippen LogP contribution >= 0.6 is 11.8 Å². The van der Waals surface area contributed by atoms with E-state index in [9.17, 15) is 4.79 Å². The second-order valence-corrected chi connectivity index (χ2v) is 6.69. The number of aliphatic hydroxyl groups excluding tert-OH is 1. The van der Waals surface area contributed by atoms with Crippen LogP contribution in [0.25, 0.3) is 5.69 Å². The van der Waals surface area contributed by atoms with Gasteiger partial charge in [0.05, 0.1) is 18.4 Å². The van der Waals surface area contributed by atoms with E-state index in [-0.39, 0.29) is 18.6 Å². The Morgan fingerprint density at radius 2 is 2.00 bits per heavy atom. The third-order valence-corrected chi connectivity index (χ3v) is 4.69. The lowest BCUT2D eigenvalue weighted by atomic mass is 10.1. The monoisotopic (exact) mass is 333 g/mol. The maximum absolute atomic E-state index is 12.2. The van der Waals surface area contributed by atoms with E-state index in [0.717, 1.165) is 10.8 Å². The molecular formula is C17H23N3O2S. The standard InChI is InChI=1S/C17H23N3O2S/c1-12-7-13(2)9-15(8-12)20-6-5-18-17(20)23-11-16(22)19(4)14(3)10-21/h5-9,14,21H,10-11H2,1-4H3. The molecule has 0 aliphatic rings. The van der Waals surface area contributed by atoms with Gasteiger partial charge in [0.1, 0.15) is 0 Å². The molecule has 1 heterocycles. The van der Waals surface area contributed by atoms with Gasteiger partial charge in [-0.3, -0.25) is 9.36 Å². The van der Waals surface area contributed by atoms with Gasteiger partial charge >= 0.3 is 0 Å². The molecule has 124 valence electrons. The van der Waals surface area contributed by atoms with Gasteiger partial charge in [-0.05, 0) is 44.0 Å². The van der Waals surface area contributed by atoms with Crippen LogP contribution in [-0.2, 0) is 4.79 Å². The summed E-state index contributed by atoms with van der Waals surface area (Å²) in [5, 5.41) is 9.92. The summed E-state index contributed by atoms with van der Waals surface area (Å²) in [6, 6.07) is 6.14. The van der Waals surface area contributed by atoms with E-state index in [1.807, 2.05) is 17.7 Å². The Bertz CT molecular complexity index is 664. The molecule has 23 heavy (non-hydrogen) atoms. The summed E-state index contributed by atoms with van der Waals surface area (Å²) in [7, 11) is 1.71. The molecule has 0 radical (unpaired) electrons. The second-order valence-electron chi connectivity index (χ2n) is 5.75. The van der Waals surface area contributed by atoms with Gasteiger partial charge in [0.15, 0.2) is 5.16 Å². The van der Waals surface area contributed by atoms with Crippen molar-refractivity contribution in [1.82, 2.24) is 14.5 Å². The van der Waals surface area contributed by atoms with Crippen molar-refractivity contribution in [2.45, 2.75) is 32.0 Å². The van der Waals surface area contributed by atoms with Crippen molar-refractivity contribution in [2.75, 3.05) is 19.4 Å². The van der Waals surface area contributed by atoms with Gasteiger partial charge in [-0.15, -0.1) is 0 Å². The highest BCUT2D eigenvalue weighted by Crippen LogP contribution is 2.22. The second kappa shape index (κ2) is 7.66. The molecule has 1 aromatic heterocycles. The van der Waals surface area contributed by atoms with E-state index >= 15 is 0 Å². The van der Waals surface area contributed by atoms with E-state index in [1.54, 1.807) is 18.1 Å². The molecule has 0 spiro atoms. The summed E-state index contributed by atoms with van der Waals surface area (Å²) < 4.78 is 1.99. The van der Waals surface area contributed by atoms with Gasteiger partial charge in [0, 0.05) is 25.1 Å². The first-order valence-corrected chi connectivity index (χ1v) is 8.52. The van der Waals surface area contributed by atoms with Crippen molar-refractivity contribution in [2.24, 2.45) is 0 Å². The van der Waals surface area contributed by atoms with E-state index < -0.39 is 0 Å². The minimum atomic E-state index is -0.178. The molecule has 1 aromatic carbocycles. The number of amides is 1. The fraction of sp³-hybridized carbons (Fsp3) is 0.412. The highest BCUT2D eigenvalue weighted by atomic mass is 32.2. The predicted molar refractivity (Wildman–Crippen MR) is 93.1 cm³/mol. The molecule has 0 aliphatic carbocycles. The van der Waals surface area contributed by atoms with Crippen molar-refractivity contribution in [3.8, 4) is 5.69 Å². The van der Waals surface area contributed by atoms with Gasteiger partial charge in [0.25, 0.3) is 0 Å². The minimum absolute atomic E-state index is 0.0217. The highest BCUT2D eigenvalue weighted by Gasteiger charge is 2.16. The summed E-state index contributed by atoms with van der Waals surface area (Å²) in [6.07, 6.45) is 3.64. The minimum Gasteiger partial charge on any atom is -0.394 e. The molecule has 0 bridgehead atoms. The van der Waals surface area contributed by atoms with Crippen LogP contribution in [0.3, 0.4) is 0 Å². The molecule has 1 amide bonds. The SMILES string of the molecule is Cc1cc(C)cc(-n2ccnc2SCC(=O)N(C)C(C)CO)c1. The third-order valence-electron chi connectivity index (χ3n) is 3.73. The lowest BCUT2D eigenvalue weighted by Crippen LogP contribution is -2.38. The summed E-state index contributed by atoms with van der Waals surface area (Å²) in [4.78, 5) is 18.1. The Kier molecular flexibility index (Phi) is 5.85. The number of aromatic nitrogens is 2. The average molecular weight is 333 g/mol. The van der Waals surface area contributed by atoms with Gasteiger partial charge in [-0.1, -0.05) is 17.8 Å². The largest absolute Gasteiger partial charge is 0.394 e. The van der Waals surface area contributed by atoms with Crippen molar-refractivity contribution < 1.29 is 9.90 Å². The normalized spacial score (nSPS) is 12.2. The molecule has 0 saturated carbocycles. The van der Waals surface area contributed by atoms with Crippen LogP contribution in [0.4, 0.5) is 0 Å². The topological polar surface area (TPSA) is 58.4 Å². The molecule has 2 rings (SSSR count). The van der Waals surface area contributed by atoms with Crippen LogP contribution in [0, 0.1) is 13.8 Å². The van der Waals surface area contributed by atoms with E-state index in [2.05, 4.69) is 37.0 Å². The van der Waals surface area contributed by atoms with E-state index in [0.29, 0.717) is 5.75 Å². The van der Waals surface area contributed by atoms with Crippen molar-refractivity contribution in [3.05, 3.63) is 41.7 Å². The number of thioether (sulfide) groups is 1.